The van der Waals surface area contributed by atoms with Gasteiger partial charge in [-0.2, -0.15) is 0 Å². The molecule has 1 aliphatic rings. The first kappa shape index (κ1) is 19.5. The molecule has 8 heteroatoms. The summed E-state index contributed by atoms with van der Waals surface area (Å²) in [5.41, 5.74) is 0.137. The summed E-state index contributed by atoms with van der Waals surface area (Å²) in [6.07, 6.45) is 0. The minimum atomic E-state index is -0.701. The van der Waals surface area contributed by atoms with Crippen molar-refractivity contribution in [3.05, 3.63) is 105 Å². The Balaban J connectivity index is 1.83. The summed E-state index contributed by atoms with van der Waals surface area (Å²) in [4.78, 5) is 38.5. The molecule has 0 saturated heterocycles. The average Bonchev–Trinajstić information content (AvgIpc) is 2.99. The zero-order chi connectivity index (χ0) is 21.3. The predicted octanol–water partition coefficient (Wildman–Crippen LogP) is 4.81. The summed E-state index contributed by atoms with van der Waals surface area (Å²) in [5, 5.41) is 10.9. The Morgan fingerprint density at radius 3 is 2.10 bits per heavy atom. The third-order valence-corrected chi connectivity index (χ3v) is 5.56. The van der Waals surface area contributed by atoms with Gasteiger partial charge < -0.3 is 0 Å². The van der Waals surface area contributed by atoms with Crippen molar-refractivity contribution in [2.75, 3.05) is 4.90 Å². The lowest BCUT2D eigenvalue weighted by molar-refractivity contribution is -0.384. The number of para-hydroxylation sites is 1. The zero-order valence-electron chi connectivity index (χ0n) is 15.3. The molecular formula is C22H13FN2O4S. The van der Waals surface area contributed by atoms with Crippen LogP contribution in [-0.4, -0.2) is 16.7 Å². The fourth-order valence-electron chi connectivity index (χ4n) is 3.07. The van der Waals surface area contributed by atoms with Crippen molar-refractivity contribution in [3.8, 4) is 0 Å². The van der Waals surface area contributed by atoms with Gasteiger partial charge in [-0.05, 0) is 42.0 Å². The second-order valence-electron chi connectivity index (χ2n) is 6.32. The summed E-state index contributed by atoms with van der Waals surface area (Å²) < 4.78 is 14.4. The lowest BCUT2D eigenvalue weighted by atomic mass is 10.1. The number of carbonyl (C=O) groups excluding carboxylic acids is 2. The Morgan fingerprint density at radius 1 is 0.833 bits per heavy atom. The zero-order valence-corrected chi connectivity index (χ0v) is 16.1. The molecule has 0 fully saturated rings. The number of amides is 2. The van der Waals surface area contributed by atoms with Gasteiger partial charge >= 0.3 is 0 Å². The van der Waals surface area contributed by atoms with Crippen LogP contribution in [0.15, 0.2) is 88.7 Å². The summed E-state index contributed by atoms with van der Waals surface area (Å²) in [6, 6.07) is 19.9. The molecule has 2 amide bonds. The molecule has 0 atom stereocenters. The van der Waals surface area contributed by atoms with Gasteiger partial charge in [0.05, 0.1) is 21.1 Å². The van der Waals surface area contributed by atoms with Gasteiger partial charge in [-0.3, -0.25) is 19.7 Å². The van der Waals surface area contributed by atoms with Crippen LogP contribution in [-0.2, 0) is 9.59 Å². The Kier molecular flexibility index (Phi) is 5.16. The van der Waals surface area contributed by atoms with Crippen molar-refractivity contribution in [1.29, 1.82) is 0 Å². The number of benzene rings is 3. The Morgan fingerprint density at radius 2 is 1.47 bits per heavy atom. The Hall–Kier alpha value is -3.78. The molecule has 148 valence electrons. The van der Waals surface area contributed by atoms with Gasteiger partial charge in [0.25, 0.3) is 17.5 Å². The minimum Gasteiger partial charge on any atom is -0.268 e. The number of anilines is 1. The molecule has 3 aromatic rings. The van der Waals surface area contributed by atoms with E-state index in [2.05, 4.69) is 0 Å². The van der Waals surface area contributed by atoms with E-state index in [9.17, 15) is 24.1 Å². The monoisotopic (exact) mass is 420 g/mol. The van der Waals surface area contributed by atoms with E-state index in [0.29, 0.717) is 5.56 Å². The van der Waals surface area contributed by atoms with Crippen LogP contribution >= 0.6 is 11.8 Å². The summed E-state index contributed by atoms with van der Waals surface area (Å²) in [5.74, 6) is -2.03. The highest BCUT2D eigenvalue weighted by molar-refractivity contribution is 8.04. The maximum atomic E-state index is 14.4. The number of nitrogens with zero attached hydrogens (tertiary/aromatic N) is 2. The second-order valence-corrected chi connectivity index (χ2v) is 7.40. The molecule has 0 spiro atoms. The SMILES string of the molecule is O=C1C(Sc2ccccc2)=C(c2ccc([N+](=O)[O-])cc2)C(=O)N1c1ccccc1F. The van der Waals surface area contributed by atoms with Gasteiger partial charge in [-0.1, -0.05) is 42.1 Å². The van der Waals surface area contributed by atoms with Gasteiger partial charge in [0.15, 0.2) is 0 Å². The van der Waals surface area contributed by atoms with Crippen molar-refractivity contribution < 1.29 is 18.9 Å². The van der Waals surface area contributed by atoms with Gasteiger partial charge in [0.2, 0.25) is 0 Å². The fraction of sp³-hybridized carbons (Fsp3) is 0. The molecule has 0 aliphatic carbocycles. The second kappa shape index (κ2) is 7.92. The number of hydrogen-bond donors (Lipinski definition) is 0. The molecular weight excluding hydrogens is 407 g/mol. The van der Waals surface area contributed by atoms with Crippen LogP contribution in [0.3, 0.4) is 0 Å². The number of imide groups is 1. The van der Waals surface area contributed by atoms with Gasteiger partial charge in [-0.25, -0.2) is 9.29 Å². The molecule has 30 heavy (non-hydrogen) atoms. The van der Waals surface area contributed by atoms with Gasteiger partial charge in [-0.15, -0.1) is 0 Å². The van der Waals surface area contributed by atoms with E-state index in [1.54, 1.807) is 24.3 Å². The minimum absolute atomic E-state index is 0.0759. The number of hydrogen-bond acceptors (Lipinski definition) is 5. The lowest BCUT2D eigenvalue weighted by Gasteiger charge is -2.15. The summed E-state index contributed by atoms with van der Waals surface area (Å²) in [7, 11) is 0. The first-order chi connectivity index (χ1) is 14.5. The third-order valence-electron chi connectivity index (χ3n) is 4.46. The normalized spacial score (nSPS) is 13.8. The number of non-ortho nitro benzene ring substituents is 1. The number of carbonyl (C=O) groups is 2. The van der Waals surface area contributed by atoms with Crippen molar-refractivity contribution in [1.82, 2.24) is 0 Å². The number of halogens is 1. The smallest absolute Gasteiger partial charge is 0.268 e. The van der Waals surface area contributed by atoms with E-state index >= 15 is 0 Å². The predicted molar refractivity (Wildman–Crippen MR) is 111 cm³/mol. The maximum Gasteiger partial charge on any atom is 0.273 e. The van der Waals surface area contributed by atoms with E-state index < -0.39 is 22.6 Å². The number of nitro benzene ring substituents is 1. The maximum absolute atomic E-state index is 14.4. The average molecular weight is 420 g/mol. The molecule has 0 N–H and O–H groups in total. The van der Waals surface area contributed by atoms with E-state index in [1.807, 2.05) is 6.07 Å². The summed E-state index contributed by atoms with van der Waals surface area (Å²) in [6.45, 7) is 0. The molecule has 6 nitrogen and oxygen atoms in total. The van der Waals surface area contributed by atoms with Crippen LogP contribution < -0.4 is 4.90 Å². The van der Waals surface area contributed by atoms with Crippen LogP contribution in [0, 0.1) is 15.9 Å². The molecule has 4 rings (SSSR count). The van der Waals surface area contributed by atoms with Crippen LogP contribution in [0.4, 0.5) is 15.8 Å². The quantitative estimate of drug-likeness (QED) is 0.336. The van der Waals surface area contributed by atoms with E-state index in [-0.39, 0.29) is 21.9 Å². The Bertz CT molecular complexity index is 1190. The Labute approximate surface area is 174 Å². The molecule has 1 aliphatic heterocycles. The number of thioether (sulfide) groups is 1. The first-order valence-electron chi connectivity index (χ1n) is 8.82. The highest BCUT2D eigenvalue weighted by atomic mass is 32.2. The highest BCUT2D eigenvalue weighted by Crippen LogP contribution is 2.42. The van der Waals surface area contributed by atoms with Crippen LogP contribution in [0.2, 0.25) is 0 Å². The number of rotatable bonds is 5. The van der Waals surface area contributed by atoms with E-state index in [1.165, 1.54) is 48.5 Å². The summed E-state index contributed by atoms with van der Waals surface area (Å²) >= 11 is 1.09. The van der Waals surface area contributed by atoms with Crippen molar-refractivity contribution in [2.24, 2.45) is 0 Å². The van der Waals surface area contributed by atoms with Crippen LogP contribution in [0.1, 0.15) is 5.56 Å². The van der Waals surface area contributed by atoms with Crippen molar-refractivity contribution >= 4 is 40.5 Å². The highest BCUT2D eigenvalue weighted by Gasteiger charge is 2.41. The molecule has 0 saturated carbocycles. The van der Waals surface area contributed by atoms with Crippen molar-refractivity contribution in [2.45, 2.75) is 4.90 Å². The lowest BCUT2D eigenvalue weighted by Crippen LogP contribution is -2.32. The van der Waals surface area contributed by atoms with E-state index in [4.69, 9.17) is 0 Å². The van der Waals surface area contributed by atoms with Crippen LogP contribution in [0.5, 0.6) is 0 Å². The van der Waals surface area contributed by atoms with E-state index in [0.717, 1.165) is 21.6 Å². The van der Waals surface area contributed by atoms with Gasteiger partial charge in [0.1, 0.15) is 5.82 Å². The molecule has 0 bridgehead atoms. The molecule has 3 aromatic carbocycles. The first-order valence-corrected chi connectivity index (χ1v) is 9.64. The molecule has 0 unspecified atom stereocenters. The number of nitro groups is 1. The van der Waals surface area contributed by atoms with Crippen LogP contribution in [0.25, 0.3) is 5.57 Å². The topological polar surface area (TPSA) is 80.5 Å². The standard InChI is InChI=1S/C22H13FN2O4S/c23-17-8-4-5-9-18(17)24-21(26)19(14-10-12-15(13-11-14)25(28)29)20(22(24)27)30-16-6-2-1-3-7-16/h1-13H. The van der Waals surface area contributed by atoms with Crippen molar-refractivity contribution in [3.63, 3.8) is 0 Å². The molecule has 0 aromatic heterocycles. The van der Waals surface area contributed by atoms with Gasteiger partial charge in [0, 0.05) is 17.0 Å². The molecule has 0 radical (unpaired) electrons. The largest absolute Gasteiger partial charge is 0.273 e. The fourth-order valence-corrected chi connectivity index (χ4v) is 4.08. The third kappa shape index (κ3) is 3.48. The molecule has 1 heterocycles.